The van der Waals surface area contributed by atoms with Gasteiger partial charge >= 0.3 is 23.9 Å². The average molecular weight is 555 g/mol. The molecule has 14 heteroatoms. The van der Waals surface area contributed by atoms with E-state index in [2.05, 4.69) is 0 Å². The van der Waals surface area contributed by atoms with E-state index >= 15 is 0 Å². The molecule has 0 aliphatic carbocycles. The number of halogens is 3. The molecule has 1 aliphatic heterocycles. The van der Waals surface area contributed by atoms with Gasteiger partial charge in [0, 0.05) is 20.8 Å². The maximum Gasteiger partial charge on any atom is 0.339 e. The third kappa shape index (κ3) is 8.53. The van der Waals surface area contributed by atoms with Crippen LogP contribution in [0, 0.1) is 5.41 Å². The normalized spacial score (nSPS) is 24.0. The van der Waals surface area contributed by atoms with Crippen molar-refractivity contribution in [3.63, 3.8) is 0 Å². The second kappa shape index (κ2) is 12.4. The zero-order valence-corrected chi connectivity index (χ0v) is 21.0. The van der Waals surface area contributed by atoms with Crippen molar-refractivity contribution < 1.29 is 47.6 Å². The summed E-state index contributed by atoms with van der Waals surface area (Å²) in [4.78, 5) is 48.4. The van der Waals surface area contributed by atoms with Crippen molar-refractivity contribution >= 4 is 64.6 Å². The molecule has 1 fully saturated rings. The lowest BCUT2D eigenvalue weighted by molar-refractivity contribution is -0.286. The quantitative estimate of drug-likeness (QED) is 0.175. The molecule has 0 radical (unpaired) electrons. The standard InChI is InChI=1S/C21H22Cl3NO10/c1-10(26)31-14-15(32-11(2)27)17(33-12(3)28)19(35-20(25)21(22,23)24)34-16(14)18(29)30-9-13-7-5-4-6-8-13/h4-8,14-17,19,25H,9H2,1-3H3/t14-,15-,16-,17+,19+/m0/s1. The molecule has 11 nitrogen and oxygen atoms in total. The number of hydrogen-bond donors (Lipinski definition) is 1. The van der Waals surface area contributed by atoms with Crippen LogP contribution in [0.15, 0.2) is 30.3 Å². The maximum absolute atomic E-state index is 13.0. The Hall–Kier alpha value is -2.60. The summed E-state index contributed by atoms with van der Waals surface area (Å²) in [5.74, 6) is -4.61. The summed E-state index contributed by atoms with van der Waals surface area (Å²) in [6.07, 6.45) is -8.41. The predicted octanol–water partition coefficient (Wildman–Crippen LogP) is 2.61. The molecule has 1 aromatic carbocycles. The van der Waals surface area contributed by atoms with Crippen LogP contribution < -0.4 is 0 Å². The summed E-state index contributed by atoms with van der Waals surface area (Å²) < 4.78 is 29.3. The molecule has 192 valence electrons. The van der Waals surface area contributed by atoms with Gasteiger partial charge in [-0.1, -0.05) is 65.1 Å². The van der Waals surface area contributed by atoms with E-state index in [1.807, 2.05) is 0 Å². The molecule has 5 atom stereocenters. The number of nitrogens with one attached hydrogen (secondary N) is 1. The Labute approximate surface area is 215 Å². The number of hydrogen-bond acceptors (Lipinski definition) is 11. The number of rotatable bonds is 7. The Morgan fingerprint density at radius 2 is 1.37 bits per heavy atom. The predicted molar refractivity (Wildman–Crippen MR) is 121 cm³/mol. The van der Waals surface area contributed by atoms with Crippen molar-refractivity contribution in [2.24, 2.45) is 0 Å². The van der Waals surface area contributed by atoms with Crippen molar-refractivity contribution in [3.8, 4) is 0 Å². The van der Waals surface area contributed by atoms with Crippen LogP contribution in [0.4, 0.5) is 0 Å². The van der Waals surface area contributed by atoms with Gasteiger partial charge in [-0.3, -0.25) is 19.8 Å². The Kier molecular flexibility index (Phi) is 10.1. The third-order valence-corrected chi connectivity index (χ3v) is 4.86. The van der Waals surface area contributed by atoms with Crippen molar-refractivity contribution in [2.75, 3.05) is 0 Å². The highest BCUT2D eigenvalue weighted by Crippen LogP contribution is 2.34. The van der Waals surface area contributed by atoms with Crippen molar-refractivity contribution in [1.29, 1.82) is 5.41 Å². The molecule has 1 heterocycles. The van der Waals surface area contributed by atoms with Gasteiger partial charge < -0.3 is 28.4 Å². The fourth-order valence-electron chi connectivity index (χ4n) is 3.05. The first kappa shape index (κ1) is 28.6. The fraction of sp³-hybridized carbons (Fsp3) is 0.476. The maximum atomic E-state index is 13.0. The van der Waals surface area contributed by atoms with E-state index in [0.29, 0.717) is 5.56 Å². The molecular formula is C21H22Cl3NO10. The second-order valence-electron chi connectivity index (χ2n) is 7.19. The van der Waals surface area contributed by atoms with Crippen LogP contribution in [0.5, 0.6) is 0 Å². The van der Waals surface area contributed by atoms with Gasteiger partial charge in [0.2, 0.25) is 18.3 Å². The van der Waals surface area contributed by atoms with E-state index in [1.165, 1.54) is 0 Å². The van der Waals surface area contributed by atoms with Gasteiger partial charge in [0.05, 0.1) is 0 Å². The lowest BCUT2D eigenvalue weighted by atomic mass is 9.97. The van der Waals surface area contributed by atoms with Gasteiger partial charge in [-0.25, -0.2) is 4.79 Å². The Morgan fingerprint density at radius 1 is 0.857 bits per heavy atom. The molecule has 1 aromatic rings. The van der Waals surface area contributed by atoms with E-state index in [-0.39, 0.29) is 6.61 Å². The van der Waals surface area contributed by atoms with Crippen molar-refractivity contribution in [1.82, 2.24) is 0 Å². The van der Waals surface area contributed by atoms with Gasteiger partial charge in [0.25, 0.3) is 3.79 Å². The second-order valence-corrected chi connectivity index (χ2v) is 9.47. The molecule has 0 unspecified atom stereocenters. The van der Waals surface area contributed by atoms with E-state index in [0.717, 1.165) is 20.8 Å². The largest absolute Gasteiger partial charge is 0.459 e. The molecule has 0 spiro atoms. The minimum absolute atomic E-state index is 0.173. The van der Waals surface area contributed by atoms with E-state index < -0.39 is 64.3 Å². The minimum Gasteiger partial charge on any atom is -0.459 e. The van der Waals surface area contributed by atoms with E-state index in [9.17, 15) is 19.2 Å². The summed E-state index contributed by atoms with van der Waals surface area (Å²) in [6, 6.07) is 8.63. The van der Waals surface area contributed by atoms with Crippen LogP contribution in [0.3, 0.4) is 0 Å². The zero-order valence-electron chi connectivity index (χ0n) is 18.7. The number of ether oxygens (including phenoxy) is 6. The third-order valence-electron chi connectivity index (χ3n) is 4.35. The van der Waals surface area contributed by atoms with E-state index in [1.54, 1.807) is 30.3 Å². The van der Waals surface area contributed by atoms with Crippen LogP contribution in [0.2, 0.25) is 0 Å². The lowest BCUT2D eigenvalue weighted by Gasteiger charge is -2.43. The van der Waals surface area contributed by atoms with Gasteiger partial charge in [0.1, 0.15) is 6.61 Å². The topological polar surface area (TPSA) is 148 Å². The lowest BCUT2D eigenvalue weighted by Crippen LogP contribution is -2.64. The van der Waals surface area contributed by atoms with Crippen LogP contribution >= 0.6 is 34.8 Å². The Bertz CT molecular complexity index is 952. The Morgan fingerprint density at radius 3 is 1.89 bits per heavy atom. The van der Waals surface area contributed by atoms with Crippen molar-refractivity contribution in [3.05, 3.63) is 35.9 Å². The molecule has 0 aromatic heterocycles. The first-order valence-electron chi connectivity index (χ1n) is 9.99. The molecule has 0 bridgehead atoms. The average Bonchev–Trinajstić information content (AvgIpc) is 2.74. The SMILES string of the molecule is CC(=O)O[C@@H]1[C@@H](OC(C)=O)[C@@H](OC(=N)C(Cl)(Cl)Cl)O[C@H](C(=O)OCc2ccccc2)[C@H]1OC(C)=O. The highest BCUT2D eigenvalue weighted by atomic mass is 35.6. The van der Waals surface area contributed by atoms with Gasteiger partial charge in [-0.05, 0) is 5.56 Å². The van der Waals surface area contributed by atoms with Crippen LogP contribution in [-0.4, -0.2) is 64.3 Å². The number of esters is 4. The molecule has 0 amide bonds. The summed E-state index contributed by atoms with van der Waals surface area (Å²) in [5.41, 5.74) is 0.640. The van der Waals surface area contributed by atoms with Crippen LogP contribution in [0.25, 0.3) is 0 Å². The summed E-state index contributed by atoms with van der Waals surface area (Å²) in [7, 11) is 0. The van der Waals surface area contributed by atoms with Gasteiger partial charge in [0.15, 0.2) is 18.3 Å². The number of alkyl halides is 3. The van der Waals surface area contributed by atoms with Gasteiger partial charge in [-0.2, -0.15) is 0 Å². The number of carbonyl (C=O) groups excluding carboxylic acids is 4. The van der Waals surface area contributed by atoms with Crippen LogP contribution in [0.1, 0.15) is 26.3 Å². The summed E-state index contributed by atoms with van der Waals surface area (Å²) in [6.45, 7) is 2.93. The fourth-order valence-corrected chi connectivity index (χ4v) is 3.19. The van der Waals surface area contributed by atoms with E-state index in [4.69, 9.17) is 68.6 Å². The number of carbonyl (C=O) groups is 4. The molecule has 35 heavy (non-hydrogen) atoms. The smallest absolute Gasteiger partial charge is 0.339 e. The number of benzene rings is 1. The molecular weight excluding hydrogens is 533 g/mol. The molecule has 0 saturated carbocycles. The van der Waals surface area contributed by atoms with Gasteiger partial charge in [-0.15, -0.1) is 0 Å². The molecule has 1 saturated heterocycles. The molecule has 1 aliphatic rings. The molecule has 2 rings (SSSR count). The first-order valence-corrected chi connectivity index (χ1v) is 11.1. The first-order chi connectivity index (χ1) is 16.3. The summed E-state index contributed by atoms with van der Waals surface area (Å²) in [5, 5.41) is 7.84. The summed E-state index contributed by atoms with van der Waals surface area (Å²) >= 11 is 17.0. The zero-order chi connectivity index (χ0) is 26.3. The molecule has 1 N–H and O–H groups in total. The van der Waals surface area contributed by atoms with Crippen LogP contribution in [-0.2, 0) is 54.2 Å². The Balaban J connectivity index is 2.44. The minimum atomic E-state index is -2.35. The monoisotopic (exact) mass is 553 g/mol. The highest BCUT2D eigenvalue weighted by Gasteiger charge is 2.56. The van der Waals surface area contributed by atoms with Crippen molar-refractivity contribution in [2.45, 2.75) is 61.9 Å². The highest BCUT2D eigenvalue weighted by molar-refractivity contribution is 6.76.